The molecular weight excluding hydrogens is 376 g/mol. The molecule has 2 amide bonds. The summed E-state index contributed by atoms with van der Waals surface area (Å²) < 4.78 is 11.3. The Morgan fingerprint density at radius 1 is 1.12 bits per heavy atom. The van der Waals surface area contributed by atoms with Crippen LogP contribution in [0.3, 0.4) is 0 Å². The van der Waals surface area contributed by atoms with Gasteiger partial charge in [0.2, 0.25) is 5.91 Å². The number of anilines is 1. The van der Waals surface area contributed by atoms with Crippen molar-refractivity contribution in [3.8, 4) is 5.75 Å². The lowest BCUT2D eigenvalue weighted by molar-refractivity contribution is 0.0997. The minimum atomic E-state index is -0.520. The Morgan fingerprint density at radius 3 is 2.46 bits per heavy atom. The fourth-order valence-corrected chi connectivity index (χ4v) is 2.32. The first kappa shape index (κ1) is 18.0. The normalized spacial score (nSPS) is 10.2. The van der Waals surface area contributed by atoms with E-state index in [9.17, 15) is 9.59 Å². The maximum atomic E-state index is 12.5. The number of carbonyl (C=O) groups excluding carboxylic acids is 2. The molecule has 6 nitrogen and oxygen atoms in total. The molecule has 0 saturated carbocycles. The van der Waals surface area contributed by atoms with Crippen LogP contribution in [-0.4, -0.2) is 32.1 Å². The van der Waals surface area contributed by atoms with Crippen LogP contribution >= 0.6 is 15.9 Å². The lowest BCUT2D eigenvalue weighted by Gasteiger charge is -2.12. The first-order valence-corrected chi connectivity index (χ1v) is 7.93. The zero-order valence-corrected chi connectivity index (χ0v) is 14.6. The number of hydrogen-bond acceptors (Lipinski definition) is 4. The maximum absolute atomic E-state index is 12.5. The summed E-state index contributed by atoms with van der Waals surface area (Å²) in [5.41, 5.74) is 6.50. The topological polar surface area (TPSA) is 90.7 Å². The monoisotopic (exact) mass is 392 g/mol. The molecule has 0 heterocycles. The van der Waals surface area contributed by atoms with E-state index in [1.807, 2.05) is 0 Å². The third kappa shape index (κ3) is 4.81. The van der Waals surface area contributed by atoms with Gasteiger partial charge in [-0.25, -0.2) is 0 Å². The molecule has 2 aromatic rings. The van der Waals surface area contributed by atoms with Crippen molar-refractivity contribution in [1.29, 1.82) is 0 Å². The number of rotatable bonds is 7. The molecular formula is C17H17BrN2O4. The number of ether oxygens (including phenoxy) is 2. The number of hydrogen-bond donors (Lipinski definition) is 2. The Balaban J connectivity index is 2.15. The van der Waals surface area contributed by atoms with Crippen LogP contribution in [0.15, 0.2) is 46.9 Å². The second kappa shape index (κ2) is 8.47. The third-order valence-corrected chi connectivity index (χ3v) is 3.65. The van der Waals surface area contributed by atoms with Gasteiger partial charge in [0.1, 0.15) is 12.4 Å². The highest BCUT2D eigenvalue weighted by Crippen LogP contribution is 2.24. The standard InChI is InChI=1S/C17H17BrN2O4/c1-23-8-9-24-15-7-4-12(18)10-14(15)17(22)20-13-5-2-11(3-6-13)16(19)21/h2-7,10H,8-9H2,1H3,(H2,19,21)(H,20,22). The van der Waals surface area contributed by atoms with Gasteiger partial charge in [-0.05, 0) is 42.5 Å². The van der Waals surface area contributed by atoms with E-state index in [0.29, 0.717) is 35.8 Å². The van der Waals surface area contributed by atoms with Gasteiger partial charge in [0.25, 0.3) is 5.91 Å². The van der Waals surface area contributed by atoms with Crippen LogP contribution in [-0.2, 0) is 4.74 Å². The first-order valence-electron chi connectivity index (χ1n) is 7.14. The van der Waals surface area contributed by atoms with Crippen molar-refractivity contribution in [1.82, 2.24) is 0 Å². The molecule has 0 aliphatic rings. The summed E-state index contributed by atoms with van der Waals surface area (Å²) in [6.45, 7) is 0.761. The number of amides is 2. The van der Waals surface area contributed by atoms with Gasteiger partial charge < -0.3 is 20.5 Å². The highest BCUT2D eigenvalue weighted by Gasteiger charge is 2.14. The molecule has 0 atom stereocenters. The van der Waals surface area contributed by atoms with Crippen LogP contribution in [0, 0.1) is 0 Å². The molecule has 3 N–H and O–H groups in total. The van der Waals surface area contributed by atoms with Gasteiger partial charge in [-0.3, -0.25) is 9.59 Å². The van der Waals surface area contributed by atoms with Crippen LogP contribution in [0.25, 0.3) is 0 Å². The molecule has 0 unspecified atom stereocenters. The van der Waals surface area contributed by atoms with Gasteiger partial charge in [-0.2, -0.15) is 0 Å². The average Bonchev–Trinajstić information content (AvgIpc) is 2.56. The molecule has 0 bridgehead atoms. The van der Waals surface area contributed by atoms with Crippen molar-refractivity contribution in [2.24, 2.45) is 5.73 Å². The van der Waals surface area contributed by atoms with E-state index in [2.05, 4.69) is 21.2 Å². The Morgan fingerprint density at radius 2 is 1.83 bits per heavy atom. The molecule has 0 aromatic heterocycles. The Bertz CT molecular complexity index is 732. The summed E-state index contributed by atoms with van der Waals surface area (Å²) in [5, 5.41) is 2.76. The second-order valence-electron chi connectivity index (χ2n) is 4.88. The molecule has 7 heteroatoms. The number of benzene rings is 2. The summed E-state index contributed by atoms with van der Waals surface area (Å²) in [7, 11) is 1.58. The minimum absolute atomic E-state index is 0.324. The van der Waals surface area contributed by atoms with Crippen LogP contribution in [0.2, 0.25) is 0 Å². The van der Waals surface area contributed by atoms with E-state index in [1.165, 1.54) is 0 Å². The second-order valence-corrected chi connectivity index (χ2v) is 5.79. The van der Waals surface area contributed by atoms with Gasteiger partial charge in [-0.1, -0.05) is 15.9 Å². The summed E-state index contributed by atoms with van der Waals surface area (Å²) in [6.07, 6.45) is 0. The number of nitrogens with two attached hydrogens (primary N) is 1. The van der Waals surface area contributed by atoms with E-state index in [4.69, 9.17) is 15.2 Å². The lowest BCUT2D eigenvalue weighted by atomic mass is 10.1. The van der Waals surface area contributed by atoms with Crippen LogP contribution < -0.4 is 15.8 Å². The number of primary amides is 1. The Hall–Kier alpha value is -2.38. The maximum Gasteiger partial charge on any atom is 0.259 e. The van der Waals surface area contributed by atoms with Crippen molar-refractivity contribution in [3.05, 3.63) is 58.1 Å². The molecule has 126 valence electrons. The van der Waals surface area contributed by atoms with E-state index < -0.39 is 5.91 Å². The molecule has 0 saturated heterocycles. The molecule has 0 aliphatic heterocycles. The summed E-state index contributed by atoms with van der Waals surface area (Å²) >= 11 is 3.35. The third-order valence-electron chi connectivity index (χ3n) is 3.16. The highest BCUT2D eigenvalue weighted by molar-refractivity contribution is 9.10. The summed E-state index contributed by atoms with van der Waals surface area (Å²) in [6, 6.07) is 11.5. The van der Waals surface area contributed by atoms with E-state index in [-0.39, 0.29) is 5.91 Å². The summed E-state index contributed by atoms with van der Waals surface area (Å²) in [5.74, 6) is -0.384. The molecule has 2 rings (SSSR count). The largest absolute Gasteiger partial charge is 0.490 e. The number of methoxy groups -OCH3 is 1. The van der Waals surface area contributed by atoms with Crippen LogP contribution in [0.4, 0.5) is 5.69 Å². The molecule has 0 aliphatic carbocycles. The highest BCUT2D eigenvalue weighted by atomic mass is 79.9. The van der Waals surface area contributed by atoms with Crippen molar-refractivity contribution in [2.45, 2.75) is 0 Å². The SMILES string of the molecule is COCCOc1ccc(Br)cc1C(=O)Nc1ccc(C(N)=O)cc1. The minimum Gasteiger partial charge on any atom is -0.490 e. The van der Waals surface area contributed by atoms with Crippen LogP contribution in [0.1, 0.15) is 20.7 Å². The first-order chi connectivity index (χ1) is 11.5. The van der Waals surface area contributed by atoms with Gasteiger partial charge in [-0.15, -0.1) is 0 Å². The number of carbonyl (C=O) groups is 2. The zero-order chi connectivity index (χ0) is 17.5. The van der Waals surface area contributed by atoms with Crippen molar-refractivity contribution in [2.75, 3.05) is 25.6 Å². The predicted molar refractivity (Wildman–Crippen MR) is 94.4 cm³/mol. The van der Waals surface area contributed by atoms with Gasteiger partial charge >= 0.3 is 0 Å². The van der Waals surface area contributed by atoms with Crippen molar-refractivity contribution < 1.29 is 19.1 Å². The van der Waals surface area contributed by atoms with E-state index in [1.54, 1.807) is 49.6 Å². The molecule has 24 heavy (non-hydrogen) atoms. The summed E-state index contributed by atoms with van der Waals surface area (Å²) in [4.78, 5) is 23.6. The van der Waals surface area contributed by atoms with Gasteiger partial charge in [0.15, 0.2) is 0 Å². The fourth-order valence-electron chi connectivity index (χ4n) is 1.96. The Labute approximate surface area is 148 Å². The fraction of sp³-hybridized carbons (Fsp3) is 0.176. The van der Waals surface area contributed by atoms with Crippen LogP contribution in [0.5, 0.6) is 5.75 Å². The molecule has 2 aromatic carbocycles. The lowest BCUT2D eigenvalue weighted by Crippen LogP contribution is -2.15. The van der Waals surface area contributed by atoms with E-state index in [0.717, 1.165) is 4.47 Å². The van der Waals surface area contributed by atoms with Gasteiger partial charge in [0, 0.05) is 22.8 Å². The number of halogens is 1. The van der Waals surface area contributed by atoms with Crippen molar-refractivity contribution in [3.63, 3.8) is 0 Å². The average molecular weight is 393 g/mol. The quantitative estimate of drug-likeness (QED) is 0.708. The zero-order valence-electron chi connectivity index (χ0n) is 13.0. The predicted octanol–water partition coefficient (Wildman–Crippen LogP) is 2.83. The van der Waals surface area contributed by atoms with Gasteiger partial charge in [0.05, 0.1) is 12.2 Å². The molecule has 0 fully saturated rings. The smallest absolute Gasteiger partial charge is 0.259 e. The molecule has 0 spiro atoms. The number of nitrogens with one attached hydrogen (secondary N) is 1. The molecule has 0 radical (unpaired) electrons. The van der Waals surface area contributed by atoms with Crippen molar-refractivity contribution >= 4 is 33.4 Å². The Kier molecular flexibility index (Phi) is 6.34. The van der Waals surface area contributed by atoms with E-state index >= 15 is 0 Å².